The fourth-order valence-corrected chi connectivity index (χ4v) is 0.692. The van der Waals surface area contributed by atoms with Gasteiger partial charge in [-0.05, 0) is 18.9 Å². The normalized spacial score (nSPS) is 20.3. The predicted octanol–water partition coefficient (Wildman–Crippen LogP) is 1.30. The number of ketones is 1. The average molecular weight is 97.1 g/mol. The molecule has 0 radical (unpaired) electrons. The molecule has 0 spiro atoms. The molecular formula is C6H8O. The molecule has 0 N–H and O–H groups in total. The van der Waals surface area contributed by atoms with Crippen molar-refractivity contribution in [3.05, 3.63) is 12.2 Å². The summed E-state index contributed by atoms with van der Waals surface area (Å²) in [5.74, 6) is 0.284. The van der Waals surface area contributed by atoms with Crippen LogP contribution < -0.4 is 0 Å². The van der Waals surface area contributed by atoms with Gasteiger partial charge in [0.05, 0.1) is 0 Å². The second kappa shape index (κ2) is 1.92. The largest absolute Gasteiger partial charge is 0.295 e. The summed E-state index contributed by atoms with van der Waals surface area (Å²) >= 11 is 0. The van der Waals surface area contributed by atoms with Crippen LogP contribution in [0, 0.1) is 0 Å². The molecule has 38 valence electrons. The molecule has 0 saturated heterocycles. The Morgan fingerprint density at radius 1 is 1.57 bits per heavy atom. The van der Waals surface area contributed by atoms with Crippen LogP contribution in [0.1, 0.15) is 19.3 Å². The van der Waals surface area contributed by atoms with E-state index in [-0.39, 0.29) is 5.78 Å². The van der Waals surface area contributed by atoms with Gasteiger partial charge in [-0.3, -0.25) is 4.79 Å². The van der Waals surface area contributed by atoms with Crippen molar-refractivity contribution < 1.29 is 4.79 Å². The van der Waals surface area contributed by atoms with Gasteiger partial charge in [0.2, 0.25) is 0 Å². The Kier molecular flexibility index (Phi) is 1.25. The van der Waals surface area contributed by atoms with E-state index in [1.807, 2.05) is 6.08 Å². The van der Waals surface area contributed by atoms with Gasteiger partial charge in [-0.2, -0.15) is 0 Å². The van der Waals surface area contributed by atoms with E-state index in [0.717, 1.165) is 19.3 Å². The molecule has 1 aliphatic carbocycles. The maximum absolute atomic E-state index is 10.4. The minimum Gasteiger partial charge on any atom is -0.295 e. The molecule has 7 heavy (non-hydrogen) atoms. The molecule has 0 fully saturated rings. The third-order valence-corrected chi connectivity index (χ3v) is 1.10. The van der Waals surface area contributed by atoms with Crippen LogP contribution in [0.15, 0.2) is 12.2 Å². The summed E-state index contributed by atoms with van der Waals surface area (Å²) in [7, 11) is 0. The van der Waals surface area contributed by atoms with E-state index in [2.05, 4.69) is 0 Å². The predicted molar refractivity (Wildman–Crippen MR) is 28.0 cm³/mol. The quantitative estimate of drug-likeness (QED) is 0.416. The summed E-state index contributed by atoms with van der Waals surface area (Å²) in [6.45, 7) is 0. The van der Waals surface area contributed by atoms with E-state index in [0.29, 0.717) is 0 Å². The van der Waals surface area contributed by atoms with Crippen molar-refractivity contribution in [3.8, 4) is 0 Å². The molecule has 1 aliphatic rings. The monoisotopic (exact) mass is 97.1 g/mol. The van der Waals surface area contributed by atoms with Crippen LogP contribution in [-0.2, 0) is 4.79 Å². The number of rotatable bonds is 0. The van der Waals surface area contributed by atoms with Crippen molar-refractivity contribution in [1.82, 2.24) is 0 Å². The molecule has 0 bridgehead atoms. The highest BCUT2D eigenvalue weighted by Crippen LogP contribution is 2.04. The van der Waals surface area contributed by atoms with Gasteiger partial charge in [0.25, 0.3) is 0 Å². The van der Waals surface area contributed by atoms with E-state index in [1.54, 1.807) is 6.08 Å². The Balaban J connectivity index is 2.51. The van der Waals surface area contributed by atoms with Gasteiger partial charge in [0, 0.05) is 6.42 Å². The highest BCUT2D eigenvalue weighted by Gasteiger charge is 1.98. The first-order valence-corrected chi connectivity index (χ1v) is 2.59. The molecule has 0 heterocycles. The molecule has 0 aromatic carbocycles. The Morgan fingerprint density at radius 2 is 2.43 bits per heavy atom. The first kappa shape index (κ1) is 4.57. The maximum atomic E-state index is 10.4. The number of carbonyl (C=O) groups is 1. The minimum absolute atomic E-state index is 0.284. The Morgan fingerprint density at radius 3 is 2.71 bits per heavy atom. The fraction of sp³-hybridized carbons (Fsp3) is 0.500. The van der Waals surface area contributed by atoms with Gasteiger partial charge in [0.1, 0.15) is 0 Å². The molecule has 1 heteroatoms. The SMILES string of the molecule is O=C1CCCC=[13CH]1. The lowest BCUT2D eigenvalue weighted by atomic mass is 10.2. The Labute approximate surface area is 43.0 Å². The van der Waals surface area contributed by atoms with Crippen LogP contribution in [0.5, 0.6) is 0 Å². The zero-order valence-corrected chi connectivity index (χ0v) is 4.18. The summed E-state index contributed by atoms with van der Waals surface area (Å²) in [6.07, 6.45) is 6.51. The van der Waals surface area contributed by atoms with Crippen molar-refractivity contribution in [2.24, 2.45) is 0 Å². The van der Waals surface area contributed by atoms with Gasteiger partial charge < -0.3 is 0 Å². The number of carbonyl (C=O) groups excluding carboxylic acids is 1. The third kappa shape index (κ3) is 1.15. The number of hydrogen-bond donors (Lipinski definition) is 0. The van der Waals surface area contributed by atoms with Crippen molar-refractivity contribution in [2.45, 2.75) is 19.3 Å². The molecule has 0 amide bonds. The third-order valence-electron chi connectivity index (χ3n) is 1.10. The Hall–Kier alpha value is -0.590. The van der Waals surface area contributed by atoms with Crippen molar-refractivity contribution in [2.75, 3.05) is 0 Å². The second-order valence-corrected chi connectivity index (χ2v) is 1.76. The van der Waals surface area contributed by atoms with E-state index < -0.39 is 0 Å². The van der Waals surface area contributed by atoms with Crippen molar-refractivity contribution in [1.29, 1.82) is 0 Å². The topological polar surface area (TPSA) is 17.1 Å². The molecule has 1 rings (SSSR count). The summed E-state index contributed by atoms with van der Waals surface area (Å²) in [5, 5.41) is 0. The Bertz CT molecular complexity index is 103. The van der Waals surface area contributed by atoms with Crippen LogP contribution in [0.3, 0.4) is 0 Å². The van der Waals surface area contributed by atoms with Crippen LogP contribution in [-0.4, -0.2) is 5.78 Å². The van der Waals surface area contributed by atoms with Gasteiger partial charge >= 0.3 is 0 Å². The summed E-state index contributed by atoms with van der Waals surface area (Å²) in [5.41, 5.74) is 0. The zero-order chi connectivity index (χ0) is 5.11. The first-order valence-electron chi connectivity index (χ1n) is 2.59. The van der Waals surface area contributed by atoms with Crippen molar-refractivity contribution in [3.63, 3.8) is 0 Å². The summed E-state index contributed by atoms with van der Waals surface area (Å²) in [6, 6.07) is 0. The minimum atomic E-state index is 0.284. The molecule has 0 aliphatic heterocycles. The van der Waals surface area contributed by atoms with Crippen LogP contribution in [0.25, 0.3) is 0 Å². The van der Waals surface area contributed by atoms with Gasteiger partial charge in [-0.15, -0.1) is 0 Å². The molecule has 0 aromatic heterocycles. The smallest absolute Gasteiger partial charge is 0.155 e. The van der Waals surface area contributed by atoms with Gasteiger partial charge in [-0.25, -0.2) is 0 Å². The summed E-state index contributed by atoms with van der Waals surface area (Å²) in [4.78, 5) is 10.4. The van der Waals surface area contributed by atoms with Crippen LogP contribution >= 0.6 is 0 Å². The van der Waals surface area contributed by atoms with Crippen LogP contribution in [0.4, 0.5) is 0 Å². The molecular weight excluding hydrogens is 89.1 g/mol. The van der Waals surface area contributed by atoms with E-state index in [1.165, 1.54) is 0 Å². The number of allylic oxidation sites excluding steroid dienone is 2. The van der Waals surface area contributed by atoms with Gasteiger partial charge in [-0.1, -0.05) is 6.08 Å². The molecule has 1 nitrogen and oxygen atoms in total. The highest BCUT2D eigenvalue weighted by molar-refractivity contribution is 5.90. The average Bonchev–Trinajstić information content (AvgIpc) is 1.69. The fourth-order valence-electron chi connectivity index (χ4n) is 0.692. The molecule has 0 aromatic rings. The summed E-state index contributed by atoms with van der Waals surface area (Å²) < 4.78 is 0. The van der Waals surface area contributed by atoms with Gasteiger partial charge in [0.15, 0.2) is 5.78 Å². The van der Waals surface area contributed by atoms with E-state index >= 15 is 0 Å². The zero-order valence-electron chi connectivity index (χ0n) is 4.18. The first-order chi connectivity index (χ1) is 3.39. The number of hydrogen-bond acceptors (Lipinski definition) is 1. The lowest BCUT2D eigenvalue weighted by molar-refractivity contribution is -0.114. The molecule has 0 saturated carbocycles. The van der Waals surface area contributed by atoms with E-state index in [9.17, 15) is 4.79 Å². The highest BCUT2D eigenvalue weighted by atomic mass is 16.1. The molecule has 0 atom stereocenters. The van der Waals surface area contributed by atoms with Crippen LogP contribution in [0.2, 0.25) is 0 Å². The second-order valence-electron chi connectivity index (χ2n) is 1.76. The van der Waals surface area contributed by atoms with E-state index in [4.69, 9.17) is 0 Å². The maximum Gasteiger partial charge on any atom is 0.155 e. The standard InChI is InChI=1S/C6H8O/c7-6-4-2-1-3-5-6/h2,4H,1,3,5H2/i4+1. The lowest BCUT2D eigenvalue weighted by Gasteiger charge is -1.97. The lowest BCUT2D eigenvalue weighted by Crippen LogP contribution is -1.95. The van der Waals surface area contributed by atoms with Crippen molar-refractivity contribution >= 4 is 5.78 Å². The molecule has 0 unspecified atom stereocenters.